The second-order valence-corrected chi connectivity index (χ2v) is 11.9. The number of phenols is 1. The Kier molecular flexibility index (Phi) is 6.58. The molecule has 4 unspecified atom stereocenters. The monoisotopic (exact) mass is 667 g/mol. The van der Waals surface area contributed by atoms with Crippen LogP contribution in [0.5, 0.6) is 17.2 Å². The molecule has 0 spiro atoms. The Balaban J connectivity index is 1.54. The molecule has 1 aliphatic heterocycles. The first-order valence-corrected chi connectivity index (χ1v) is 14.2. The van der Waals surface area contributed by atoms with Crippen molar-refractivity contribution >= 4 is 60.9 Å². The number of carbonyl (C=O) groups excluding carboxylic acids is 4. The minimum Gasteiger partial charge on any atom is -0.508 e. The molecule has 1 saturated heterocycles. The number of halogens is 2. The number of rotatable bonds is 4. The minimum atomic E-state index is -0.780. The van der Waals surface area contributed by atoms with Crippen LogP contribution in [0.25, 0.3) is 0 Å². The number of aromatic hydroxyl groups is 1. The standard InChI is InChI=1S/C30H23Br2NO7/c1-39-22-9-15(34)10-23(40-2)27(22)26-16-7-8-17-24(18(16)11-19-25(26)21(35)12-20(32)28(19)36)30(38)33(29(17)37)14-5-3-13(31)4-6-14/h3-7,9-10,12,17-18,24,26,34H,8,11H2,1-2H3. The van der Waals surface area contributed by atoms with Crippen LogP contribution in [0.4, 0.5) is 5.69 Å². The highest BCUT2D eigenvalue weighted by atomic mass is 79.9. The van der Waals surface area contributed by atoms with Gasteiger partial charge in [-0.1, -0.05) is 27.6 Å². The number of Topliss-reactive ketones (excluding diaryl/α,β-unsaturated/α-hetero) is 1. The number of methoxy groups -OCH3 is 2. The lowest BCUT2D eigenvalue weighted by Gasteiger charge is -2.42. The van der Waals surface area contributed by atoms with Crippen LogP contribution >= 0.6 is 31.9 Å². The second kappa shape index (κ2) is 9.85. The van der Waals surface area contributed by atoms with Gasteiger partial charge in [-0.05, 0) is 59.0 Å². The first-order chi connectivity index (χ1) is 19.2. The maximum atomic E-state index is 14.0. The van der Waals surface area contributed by atoms with E-state index < -0.39 is 23.7 Å². The Hall–Kier alpha value is -3.50. The van der Waals surface area contributed by atoms with E-state index in [0.717, 1.165) is 10.0 Å². The summed E-state index contributed by atoms with van der Waals surface area (Å²) in [6.07, 6.45) is 3.63. The zero-order valence-electron chi connectivity index (χ0n) is 21.4. The number of nitrogens with zero attached hydrogens (tertiary/aromatic N) is 1. The van der Waals surface area contributed by atoms with E-state index in [4.69, 9.17) is 9.47 Å². The zero-order valence-corrected chi connectivity index (χ0v) is 24.6. The van der Waals surface area contributed by atoms with Crippen molar-refractivity contribution in [3.05, 3.63) is 79.8 Å². The van der Waals surface area contributed by atoms with Crippen LogP contribution < -0.4 is 14.4 Å². The molecule has 2 aromatic carbocycles. The third kappa shape index (κ3) is 3.91. The fourth-order valence-corrected chi connectivity index (χ4v) is 7.30. The van der Waals surface area contributed by atoms with Crippen molar-refractivity contribution in [1.29, 1.82) is 0 Å². The van der Waals surface area contributed by atoms with Crippen LogP contribution in [0.2, 0.25) is 0 Å². The van der Waals surface area contributed by atoms with Crippen LogP contribution in [0.15, 0.2) is 74.2 Å². The summed E-state index contributed by atoms with van der Waals surface area (Å²) in [5.74, 6) is -3.43. The summed E-state index contributed by atoms with van der Waals surface area (Å²) in [6.45, 7) is 0. The van der Waals surface area contributed by atoms with E-state index in [1.54, 1.807) is 24.3 Å². The summed E-state index contributed by atoms with van der Waals surface area (Å²) >= 11 is 6.63. The maximum Gasteiger partial charge on any atom is 0.238 e. The summed E-state index contributed by atoms with van der Waals surface area (Å²) in [7, 11) is 2.89. The second-order valence-electron chi connectivity index (χ2n) is 10.1. The van der Waals surface area contributed by atoms with Gasteiger partial charge in [-0.2, -0.15) is 0 Å². The Morgan fingerprint density at radius 2 is 1.57 bits per heavy atom. The highest BCUT2D eigenvalue weighted by Gasteiger charge is 2.57. The average Bonchev–Trinajstić information content (AvgIpc) is 3.20. The molecule has 10 heteroatoms. The van der Waals surface area contributed by atoms with E-state index >= 15 is 0 Å². The molecule has 6 rings (SSSR count). The number of phenolic OH excluding ortho intramolecular Hbond substituents is 1. The fourth-order valence-electron chi connectivity index (χ4n) is 6.59. The molecule has 0 saturated carbocycles. The largest absolute Gasteiger partial charge is 0.508 e. The normalized spacial score (nSPS) is 25.8. The number of anilines is 1. The van der Waals surface area contributed by atoms with E-state index in [9.17, 15) is 24.3 Å². The van der Waals surface area contributed by atoms with Crippen molar-refractivity contribution in [2.24, 2.45) is 17.8 Å². The Morgan fingerprint density at radius 1 is 0.925 bits per heavy atom. The number of hydrogen-bond donors (Lipinski definition) is 1. The number of allylic oxidation sites excluding steroid dienone is 6. The summed E-state index contributed by atoms with van der Waals surface area (Å²) < 4.78 is 12.2. The number of ketones is 2. The van der Waals surface area contributed by atoms with Gasteiger partial charge in [0.25, 0.3) is 0 Å². The Labute approximate surface area is 246 Å². The molecule has 8 nitrogen and oxygen atoms in total. The molecule has 2 aromatic rings. The van der Waals surface area contributed by atoms with E-state index in [1.807, 2.05) is 6.08 Å². The van der Waals surface area contributed by atoms with E-state index in [2.05, 4.69) is 31.9 Å². The molecule has 0 radical (unpaired) electrons. The van der Waals surface area contributed by atoms with Gasteiger partial charge in [0.2, 0.25) is 11.8 Å². The Morgan fingerprint density at radius 3 is 2.20 bits per heavy atom. The van der Waals surface area contributed by atoms with Gasteiger partial charge in [-0.25, -0.2) is 0 Å². The van der Waals surface area contributed by atoms with Crippen LogP contribution in [-0.2, 0) is 19.2 Å². The molecule has 1 fully saturated rings. The third-order valence-corrected chi connectivity index (χ3v) is 9.35. The number of benzene rings is 2. The van der Waals surface area contributed by atoms with Crippen molar-refractivity contribution in [1.82, 2.24) is 0 Å². The van der Waals surface area contributed by atoms with Crippen molar-refractivity contribution in [2.45, 2.75) is 18.8 Å². The topological polar surface area (TPSA) is 110 Å². The summed E-state index contributed by atoms with van der Waals surface area (Å²) in [5, 5.41) is 10.3. The molecular formula is C30H23Br2NO7. The van der Waals surface area contributed by atoms with Crippen LogP contribution in [-0.4, -0.2) is 42.7 Å². The number of ether oxygens (including phenoxy) is 2. The summed E-state index contributed by atoms with van der Waals surface area (Å²) in [4.78, 5) is 55.8. The molecule has 4 atom stereocenters. The van der Waals surface area contributed by atoms with Crippen LogP contribution in [0.3, 0.4) is 0 Å². The predicted molar refractivity (Wildman–Crippen MR) is 152 cm³/mol. The van der Waals surface area contributed by atoms with Gasteiger partial charge in [0.15, 0.2) is 11.6 Å². The average molecular weight is 669 g/mol. The first-order valence-electron chi connectivity index (χ1n) is 12.6. The predicted octanol–water partition coefficient (Wildman–Crippen LogP) is 5.14. The molecule has 3 aliphatic carbocycles. The molecule has 0 aromatic heterocycles. The Bertz CT molecular complexity index is 1580. The van der Waals surface area contributed by atoms with Gasteiger partial charge in [0.1, 0.15) is 17.2 Å². The summed E-state index contributed by atoms with van der Waals surface area (Å²) in [6, 6.07) is 9.83. The van der Waals surface area contributed by atoms with Gasteiger partial charge in [-0.3, -0.25) is 24.1 Å². The quantitative estimate of drug-likeness (QED) is 0.273. The van der Waals surface area contributed by atoms with Crippen molar-refractivity contribution in [2.75, 3.05) is 19.1 Å². The van der Waals surface area contributed by atoms with Gasteiger partial charge < -0.3 is 14.6 Å². The third-order valence-electron chi connectivity index (χ3n) is 8.23. The smallest absolute Gasteiger partial charge is 0.238 e. The molecule has 204 valence electrons. The number of hydrogen-bond acceptors (Lipinski definition) is 7. The van der Waals surface area contributed by atoms with Gasteiger partial charge >= 0.3 is 0 Å². The van der Waals surface area contributed by atoms with Crippen molar-refractivity contribution in [3.63, 3.8) is 0 Å². The maximum absolute atomic E-state index is 14.0. The number of amides is 2. The number of imide groups is 1. The van der Waals surface area contributed by atoms with E-state index in [0.29, 0.717) is 23.2 Å². The van der Waals surface area contributed by atoms with Crippen molar-refractivity contribution < 1.29 is 33.8 Å². The van der Waals surface area contributed by atoms with Gasteiger partial charge in [-0.15, -0.1) is 0 Å². The van der Waals surface area contributed by atoms with E-state index in [-0.39, 0.29) is 57.1 Å². The molecule has 2 amide bonds. The molecule has 4 aliphatic rings. The molecular weight excluding hydrogens is 646 g/mol. The van der Waals surface area contributed by atoms with Crippen LogP contribution in [0, 0.1) is 17.8 Å². The molecule has 1 heterocycles. The molecule has 0 bridgehead atoms. The highest BCUT2D eigenvalue weighted by Crippen LogP contribution is 2.58. The lowest BCUT2D eigenvalue weighted by molar-refractivity contribution is -0.123. The summed E-state index contributed by atoms with van der Waals surface area (Å²) in [5.41, 5.74) is 2.30. The lowest BCUT2D eigenvalue weighted by Crippen LogP contribution is -2.39. The van der Waals surface area contributed by atoms with Gasteiger partial charge in [0, 0.05) is 45.3 Å². The SMILES string of the molecule is COc1cc(O)cc(OC)c1C1C2=CCC3C(=O)N(c4ccc(Br)cc4)C(=O)C3C2CC2=C1C(=O)C=C(Br)C2=O. The van der Waals surface area contributed by atoms with Crippen LogP contribution in [0.1, 0.15) is 24.3 Å². The zero-order chi connectivity index (χ0) is 28.5. The van der Waals surface area contributed by atoms with Gasteiger partial charge in [0.05, 0.1) is 36.2 Å². The van der Waals surface area contributed by atoms with Crippen molar-refractivity contribution in [3.8, 4) is 17.2 Å². The fraction of sp³-hybridized carbons (Fsp3) is 0.267. The number of fused-ring (bicyclic) bond motifs is 3. The lowest BCUT2D eigenvalue weighted by atomic mass is 9.59. The minimum absolute atomic E-state index is 0.0907. The molecule has 40 heavy (non-hydrogen) atoms. The molecule has 1 N–H and O–H groups in total. The number of carbonyl (C=O) groups is 4. The van der Waals surface area contributed by atoms with E-state index in [1.165, 1.54) is 37.3 Å². The highest BCUT2D eigenvalue weighted by molar-refractivity contribution is 9.12. The first kappa shape index (κ1) is 26.7.